The fourth-order valence-corrected chi connectivity index (χ4v) is 5.52. The van der Waals surface area contributed by atoms with E-state index in [-0.39, 0.29) is 53.1 Å². The van der Waals surface area contributed by atoms with E-state index < -0.39 is 11.5 Å². The van der Waals surface area contributed by atoms with Crippen molar-refractivity contribution in [3.63, 3.8) is 0 Å². The van der Waals surface area contributed by atoms with Crippen LogP contribution in [0.15, 0.2) is 30.5 Å². The van der Waals surface area contributed by atoms with Gasteiger partial charge in [0, 0.05) is 37.0 Å². The first kappa shape index (κ1) is 32.7. The predicted molar refractivity (Wildman–Crippen MR) is 161 cm³/mol. The van der Waals surface area contributed by atoms with Crippen LogP contribution in [0.3, 0.4) is 0 Å². The lowest BCUT2D eigenvalue weighted by molar-refractivity contribution is -0.676. The molecule has 1 saturated heterocycles. The minimum Gasteiger partial charge on any atom is -1.00 e. The molecule has 0 atom stereocenters. The highest BCUT2D eigenvalue weighted by molar-refractivity contribution is 5.98. The number of aromatic amines is 1. The van der Waals surface area contributed by atoms with Crippen molar-refractivity contribution in [2.45, 2.75) is 78.7 Å². The third-order valence-corrected chi connectivity index (χ3v) is 7.59. The summed E-state index contributed by atoms with van der Waals surface area (Å²) >= 11 is 0. The van der Waals surface area contributed by atoms with Crippen LogP contribution >= 0.6 is 0 Å². The molecule has 0 saturated carbocycles. The Morgan fingerprint density at radius 2 is 1.84 bits per heavy atom. The lowest BCUT2D eigenvalue weighted by Crippen LogP contribution is -3.00. The van der Waals surface area contributed by atoms with Crippen LogP contribution in [0.2, 0.25) is 0 Å². The van der Waals surface area contributed by atoms with E-state index in [4.69, 9.17) is 10.5 Å². The molecule has 3 amide bonds. The zero-order valence-corrected chi connectivity index (χ0v) is 27.3. The number of nitrogens with zero attached hydrogens (tertiary/aromatic N) is 5. The second-order valence-corrected chi connectivity index (χ2v) is 11.7. The summed E-state index contributed by atoms with van der Waals surface area (Å²) in [6, 6.07) is 7.36. The van der Waals surface area contributed by atoms with Gasteiger partial charge < -0.3 is 48.0 Å². The lowest BCUT2D eigenvalue weighted by atomic mass is 10.0. The zero-order valence-electron chi connectivity index (χ0n) is 25.7. The summed E-state index contributed by atoms with van der Waals surface area (Å²) in [5.41, 5.74) is 9.04. The molecular weight excluding hydrogens is 630 g/mol. The molecule has 3 aromatic heterocycles. The fraction of sp³-hybridized carbons (Fsp3) is 0.467. The topological polar surface area (TPSA) is 164 Å². The number of fused-ring (bicyclic) bond motifs is 2. The predicted octanol–water partition coefficient (Wildman–Crippen LogP) is -0.115. The first-order valence-electron chi connectivity index (χ1n) is 14.7. The van der Waals surface area contributed by atoms with Gasteiger partial charge in [-0.25, -0.2) is 23.9 Å². The highest BCUT2D eigenvalue weighted by Crippen LogP contribution is 2.20. The summed E-state index contributed by atoms with van der Waals surface area (Å²) in [5.74, 6) is 0.364. The summed E-state index contributed by atoms with van der Waals surface area (Å²) in [5, 5.41) is 6.09. The number of carbonyl (C=O) groups excluding carboxylic acids is 3. The average Bonchev–Trinajstić information content (AvgIpc) is 3.55. The Balaban J connectivity index is 0.00000442. The molecular formula is C30H40BrN9O4. The Kier molecular flexibility index (Phi) is 9.81. The van der Waals surface area contributed by atoms with Crippen molar-refractivity contribution in [3.8, 4) is 0 Å². The number of aryl methyl sites for hydroxylation is 2. The summed E-state index contributed by atoms with van der Waals surface area (Å²) < 4.78 is 9.70. The number of anilines is 1. The number of imidazole rings is 1. The molecule has 0 unspecified atom stereocenters. The minimum atomic E-state index is -0.543. The van der Waals surface area contributed by atoms with E-state index in [9.17, 15) is 14.4 Å². The first-order chi connectivity index (χ1) is 20.5. The largest absolute Gasteiger partial charge is 1.00 e. The highest BCUT2D eigenvalue weighted by Gasteiger charge is 2.29. The Labute approximate surface area is 266 Å². The summed E-state index contributed by atoms with van der Waals surface area (Å²) in [6.07, 6.45) is 2.69. The number of H-pyrrole nitrogens is 1. The molecule has 14 heteroatoms. The Hall–Kier alpha value is -4.20. The molecule has 4 heterocycles. The number of halogens is 1. The molecule has 44 heavy (non-hydrogen) atoms. The van der Waals surface area contributed by atoms with Crippen LogP contribution in [0, 0.1) is 0 Å². The van der Waals surface area contributed by atoms with E-state index in [1.54, 1.807) is 17.2 Å². The highest BCUT2D eigenvalue weighted by atomic mass is 79.9. The second-order valence-electron chi connectivity index (χ2n) is 11.7. The first-order valence-corrected chi connectivity index (χ1v) is 14.7. The Bertz CT molecular complexity index is 1680. The third-order valence-electron chi connectivity index (χ3n) is 7.59. The van der Waals surface area contributed by atoms with E-state index >= 15 is 0 Å². The number of hydrogen-bond acceptors (Lipinski definition) is 7. The van der Waals surface area contributed by atoms with Crippen LogP contribution in [0.4, 0.5) is 10.6 Å². The maximum atomic E-state index is 13.3. The maximum absolute atomic E-state index is 13.3. The SMILES string of the molecule is CCn1c(CNC(=O)c2nc3cc[nH]c3nc2N)[n+](CC)c2ccc(C(=O)NC3CCN(C(=O)OC(C)(C)C)CC3)cc21.[Br-]. The van der Waals surface area contributed by atoms with E-state index in [1.165, 1.54) is 0 Å². The van der Waals surface area contributed by atoms with Crippen molar-refractivity contribution in [2.24, 2.45) is 0 Å². The molecule has 4 aromatic rings. The smallest absolute Gasteiger partial charge is 0.410 e. The van der Waals surface area contributed by atoms with Crippen molar-refractivity contribution in [2.75, 3.05) is 18.8 Å². The summed E-state index contributed by atoms with van der Waals surface area (Å²) in [6.45, 7) is 12.2. The number of ether oxygens (including phenoxy) is 1. The molecule has 236 valence electrons. The molecule has 0 bridgehead atoms. The van der Waals surface area contributed by atoms with Crippen molar-refractivity contribution in [1.29, 1.82) is 0 Å². The number of amides is 3. The number of nitrogens with one attached hydrogen (secondary N) is 3. The molecule has 0 radical (unpaired) electrons. The van der Waals surface area contributed by atoms with Crippen LogP contribution in [0.5, 0.6) is 0 Å². The number of benzene rings is 1. The molecule has 0 spiro atoms. The zero-order chi connectivity index (χ0) is 30.9. The number of piperidine rings is 1. The molecule has 1 fully saturated rings. The van der Waals surface area contributed by atoms with Gasteiger partial charge in [0.05, 0.1) is 13.1 Å². The van der Waals surface area contributed by atoms with Gasteiger partial charge in [-0.05, 0) is 65.7 Å². The molecule has 5 N–H and O–H groups in total. The van der Waals surface area contributed by atoms with Gasteiger partial charge >= 0.3 is 6.09 Å². The van der Waals surface area contributed by atoms with Gasteiger partial charge in [-0.15, -0.1) is 0 Å². The van der Waals surface area contributed by atoms with E-state index in [2.05, 4.69) is 34.7 Å². The summed E-state index contributed by atoms with van der Waals surface area (Å²) in [4.78, 5) is 52.0. The average molecular weight is 671 g/mol. The van der Waals surface area contributed by atoms with E-state index in [0.717, 1.165) is 16.9 Å². The van der Waals surface area contributed by atoms with Gasteiger partial charge in [0.15, 0.2) is 28.2 Å². The molecule has 1 aliphatic rings. The number of carbonyl (C=O) groups is 3. The quantitative estimate of drug-likeness (QED) is 0.199. The van der Waals surface area contributed by atoms with E-state index in [1.807, 2.05) is 52.8 Å². The normalized spacial score (nSPS) is 14.0. The number of hydrogen-bond donors (Lipinski definition) is 4. The lowest BCUT2D eigenvalue weighted by Gasteiger charge is -2.33. The molecule has 1 aliphatic heterocycles. The molecule has 1 aromatic carbocycles. The minimum absolute atomic E-state index is 0. The molecule has 5 rings (SSSR count). The maximum Gasteiger partial charge on any atom is 0.410 e. The van der Waals surface area contributed by atoms with Crippen molar-refractivity contribution < 1.29 is 40.7 Å². The van der Waals surface area contributed by atoms with Gasteiger partial charge in [0.25, 0.3) is 17.6 Å². The van der Waals surface area contributed by atoms with Crippen LogP contribution in [-0.4, -0.2) is 67.1 Å². The van der Waals surface area contributed by atoms with Crippen molar-refractivity contribution in [3.05, 3.63) is 47.5 Å². The Morgan fingerprint density at radius 1 is 1.11 bits per heavy atom. The molecule has 0 aliphatic carbocycles. The van der Waals surface area contributed by atoms with Gasteiger partial charge in [-0.1, -0.05) is 0 Å². The summed E-state index contributed by atoms with van der Waals surface area (Å²) in [7, 11) is 0. The second kappa shape index (κ2) is 13.2. The fourth-order valence-electron chi connectivity index (χ4n) is 5.52. The van der Waals surface area contributed by atoms with Gasteiger partial charge in [-0.3, -0.25) is 9.59 Å². The number of likely N-dealkylation sites (tertiary alicyclic amines) is 1. The monoisotopic (exact) mass is 669 g/mol. The molecule has 13 nitrogen and oxygen atoms in total. The number of aromatic nitrogens is 5. The third kappa shape index (κ3) is 6.79. The number of rotatable bonds is 7. The van der Waals surface area contributed by atoms with Gasteiger partial charge in [-0.2, -0.15) is 0 Å². The van der Waals surface area contributed by atoms with Crippen molar-refractivity contribution in [1.82, 2.24) is 35.1 Å². The van der Waals surface area contributed by atoms with Gasteiger partial charge in [0.1, 0.15) is 17.7 Å². The van der Waals surface area contributed by atoms with Crippen LogP contribution in [-0.2, 0) is 24.4 Å². The Morgan fingerprint density at radius 3 is 2.50 bits per heavy atom. The number of nitrogens with two attached hydrogens (primary N) is 1. The van der Waals surface area contributed by atoms with E-state index in [0.29, 0.717) is 55.7 Å². The van der Waals surface area contributed by atoms with Gasteiger partial charge in [0.2, 0.25) is 0 Å². The van der Waals surface area contributed by atoms with Crippen LogP contribution in [0.25, 0.3) is 22.2 Å². The van der Waals surface area contributed by atoms with Crippen molar-refractivity contribution >= 4 is 45.9 Å². The standard InChI is InChI=1S/C30H39N9O4.BrH/c1-6-38-21-9-8-18(27(40)34-19-11-14-37(15-12-19)29(42)43-30(3,4)5)16-22(21)39(7-2)23(38)17-33-28(41)24-25(31)36-26-20(35-24)10-13-32-26;/h8-10,13,16,19H,6-7,11-12,14-15,17H2,1-5H3,(H4-,31,32,33,34,35,36,40,41);1H. The van der Waals surface area contributed by atoms with Crippen LogP contribution < -0.4 is 37.9 Å². The van der Waals surface area contributed by atoms with Crippen LogP contribution in [0.1, 0.15) is 74.1 Å². The number of nitrogen functional groups attached to an aromatic ring is 1.